The fourth-order valence-electron chi connectivity index (χ4n) is 2.55. The third kappa shape index (κ3) is 1.57. The molecule has 18 heavy (non-hydrogen) atoms. The number of nitrogens with zero attached hydrogens (tertiary/aromatic N) is 1. The first-order chi connectivity index (χ1) is 8.66. The molecule has 0 spiro atoms. The van der Waals surface area contributed by atoms with E-state index in [9.17, 15) is 14.7 Å². The van der Waals surface area contributed by atoms with Gasteiger partial charge in [0.25, 0.3) is 0 Å². The molecule has 0 amide bonds. The highest BCUT2D eigenvalue weighted by atomic mass is 16.4. The molecule has 0 fully saturated rings. The van der Waals surface area contributed by atoms with Gasteiger partial charge in [-0.2, -0.15) is 0 Å². The average Bonchev–Trinajstić information content (AvgIpc) is 2.92. The van der Waals surface area contributed by atoms with E-state index >= 15 is 0 Å². The summed E-state index contributed by atoms with van der Waals surface area (Å²) in [6.45, 7) is 0. The number of rotatable bonds is 2. The third-order valence-corrected chi connectivity index (χ3v) is 3.33. The second kappa shape index (κ2) is 3.91. The molecule has 3 rings (SSSR count). The fraction of sp³-hybridized carbons (Fsp3) is 0.214. The maximum atomic E-state index is 11.3. The second-order valence-corrected chi connectivity index (χ2v) is 4.47. The fourth-order valence-corrected chi connectivity index (χ4v) is 2.55. The molecule has 1 unspecified atom stereocenters. The molecular formula is C14H11NO3. The van der Waals surface area contributed by atoms with Gasteiger partial charge in [-0.15, -0.1) is 0 Å². The Bertz CT molecular complexity index is 603. The van der Waals surface area contributed by atoms with Crippen LogP contribution in [0.2, 0.25) is 0 Å². The highest BCUT2D eigenvalue weighted by Crippen LogP contribution is 2.37. The molecule has 0 bridgehead atoms. The van der Waals surface area contributed by atoms with Crippen molar-refractivity contribution < 1.29 is 14.7 Å². The van der Waals surface area contributed by atoms with Gasteiger partial charge in [0.1, 0.15) is 0 Å². The number of aliphatic carboxylic acids is 1. The Balaban J connectivity index is 2.14. The minimum atomic E-state index is -1.03. The largest absolute Gasteiger partial charge is 0.477 e. The van der Waals surface area contributed by atoms with E-state index in [1.165, 1.54) is 12.2 Å². The van der Waals surface area contributed by atoms with E-state index in [4.69, 9.17) is 0 Å². The van der Waals surface area contributed by atoms with Crippen molar-refractivity contribution in [2.45, 2.75) is 12.8 Å². The molecule has 0 radical (unpaired) electrons. The van der Waals surface area contributed by atoms with Crippen LogP contribution in [0.25, 0.3) is 0 Å². The van der Waals surface area contributed by atoms with Crippen molar-refractivity contribution in [3.63, 3.8) is 0 Å². The zero-order valence-electron chi connectivity index (χ0n) is 9.59. The quantitative estimate of drug-likeness (QED) is 0.750. The molecule has 0 aromatic rings. The molecule has 0 aromatic carbocycles. The molecule has 3 aliphatic rings. The van der Waals surface area contributed by atoms with Crippen LogP contribution in [0.3, 0.4) is 0 Å². The number of ketones is 1. The van der Waals surface area contributed by atoms with Gasteiger partial charge in [0.2, 0.25) is 0 Å². The lowest BCUT2D eigenvalue weighted by atomic mass is 9.89. The number of carboxylic acid groups (broad SMARTS) is 1. The Hall–Kier alpha value is -2.23. The van der Waals surface area contributed by atoms with Crippen LogP contribution in [0.1, 0.15) is 12.8 Å². The van der Waals surface area contributed by atoms with E-state index in [1.807, 2.05) is 6.08 Å². The second-order valence-electron chi connectivity index (χ2n) is 4.47. The number of fused-ring (bicyclic) bond motifs is 1. The number of carbonyl (C=O) groups excluding carboxylic acids is 1. The lowest BCUT2D eigenvalue weighted by Gasteiger charge is -2.12. The molecule has 0 saturated carbocycles. The summed E-state index contributed by atoms with van der Waals surface area (Å²) in [6, 6.07) is 0. The molecule has 1 atom stereocenters. The molecule has 90 valence electrons. The average molecular weight is 241 g/mol. The first-order valence-electron chi connectivity index (χ1n) is 5.84. The lowest BCUT2D eigenvalue weighted by Crippen LogP contribution is -2.18. The van der Waals surface area contributed by atoms with Crippen LogP contribution in [0.15, 0.2) is 52.2 Å². The Morgan fingerprint density at radius 3 is 2.89 bits per heavy atom. The van der Waals surface area contributed by atoms with Crippen molar-refractivity contribution in [2.75, 3.05) is 0 Å². The zero-order chi connectivity index (χ0) is 12.7. The van der Waals surface area contributed by atoms with Gasteiger partial charge in [0, 0.05) is 23.1 Å². The van der Waals surface area contributed by atoms with Gasteiger partial charge in [0.05, 0.1) is 5.70 Å². The van der Waals surface area contributed by atoms with E-state index in [1.54, 1.807) is 6.08 Å². The predicted molar refractivity (Wildman–Crippen MR) is 66.2 cm³/mol. The van der Waals surface area contributed by atoms with Crippen molar-refractivity contribution >= 4 is 17.5 Å². The van der Waals surface area contributed by atoms with Crippen LogP contribution in [-0.4, -0.2) is 22.6 Å². The minimum Gasteiger partial charge on any atom is -0.477 e. The molecule has 1 heterocycles. The maximum Gasteiger partial charge on any atom is 0.354 e. The van der Waals surface area contributed by atoms with Gasteiger partial charge in [-0.1, -0.05) is 12.2 Å². The smallest absolute Gasteiger partial charge is 0.354 e. The highest BCUT2D eigenvalue weighted by molar-refractivity contribution is 6.44. The highest BCUT2D eigenvalue weighted by Gasteiger charge is 2.33. The number of carboxylic acids is 1. The molecule has 2 aliphatic carbocycles. The first kappa shape index (κ1) is 10.9. The summed E-state index contributed by atoms with van der Waals surface area (Å²) in [4.78, 5) is 26.6. The standard InChI is InChI=1S/C14H11NO3/c16-9-5-6-10-11(7-9)15-13(14(17)18)12(10)8-3-1-2-4-8/h1,3,5-8H,2,4H2,(H,17,18). The Kier molecular flexibility index (Phi) is 2.37. The lowest BCUT2D eigenvalue weighted by molar-refractivity contribution is -0.129. The monoisotopic (exact) mass is 241 g/mol. The first-order valence-corrected chi connectivity index (χ1v) is 5.84. The molecule has 1 N–H and O–H groups in total. The van der Waals surface area contributed by atoms with Crippen LogP contribution in [0.4, 0.5) is 0 Å². The van der Waals surface area contributed by atoms with Crippen LogP contribution < -0.4 is 0 Å². The summed E-state index contributed by atoms with van der Waals surface area (Å²) in [5, 5.41) is 9.23. The summed E-state index contributed by atoms with van der Waals surface area (Å²) < 4.78 is 0. The molecule has 0 saturated heterocycles. The van der Waals surface area contributed by atoms with E-state index < -0.39 is 5.97 Å². The van der Waals surface area contributed by atoms with Gasteiger partial charge < -0.3 is 5.11 Å². The van der Waals surface area contributed by atoms with Gasteiger partial charge >= 0.3 is 5.97 Å². The third-order valence-electron chi connectivity index (χ3n) is 3.33. The number of hydrogen-bond acceptors (Lipinski definition) is 3. The summed E-state index contributed by atoms with van der Waals surface area (Å²) in [7, 11) is 0. The summed E-state index contributed by atoms with van der Waals surface area (Å²) in [5.41, 5.74) is 2.08. The molecule has 0 aromatic heterocycles. The van der Waals surface area contributed by atoms with Crippen LogP contribution in [-0.2, 0) is 9.59 Å². The summed E-state index contributed by atoms with van der Waals surface area (Å²) >= 11 is 0. The number of aliphatic imine (C=N–C) groups is 1. The van der Waals surface area contributed by atoms with Crippen molar-refractivity contribution in [3.05, 3.63) is 47.2 Å². The van der Waals surface area contributed by atoms with Gasteiger partial charge in [0.15, 0.2) is 11.5 Å². The van der Waals surface area contributed by atoms with Crippen molar-refractivity contribution in [2.24, 2.45) is 10.9 Å². The summed E-state index contributed by atoms with van der Waals surface area (Å²) in [6.07, 6.45) is 10.5. The van der Waals surface area contributed by atoms with Crippen molar-refractivity contribution in [3.8, 4) is 0 Å². The predicted octanol–water partition coefficient (Wildman–Crippen LogP) is 1.81. The van der Waals surface area contributed by atoms with E-state index in [0.717, 1.165) is 24.0 Å². The summed E-state index contributed by atoms with van der Waals surface area (Å²) in [5.74, 6) is -1.09. The Morgan fingerprint density at radius 1 is 1.39 bits per heavy atom. The van der Waals surface area contributed by atoms with E-state index in [-0.39, 0.29) is 17.4 Å². The van der Waals surface area contributed by atoms with Gasteiger partial charge in [-0.25, -0.2) is 9.79 Å². The van der Waals surface area contributed by atoms with Gasteiger partial charge in [-0.05, 0) is 25.0 Å². The Labute approximate surface area is 104 Å². The van der Waals surface area contributed by atoms with Gasteiger partial charge in [-0.3, -0.25) is 4.79 Å². The molecule has 4 nitrogen and oxygen atoms in total. The van der Waals surface area contributed by atoms with Crippen LogP contribution >= 0.6 is 0 Å². The van der Waals surface area contributed by atoms with E-state index in [0.29, 0.717) is 5.70 Å². The normalized spacial score (nSPS) is 25.3. The molecule has 4 heteroatoms. The SMILES string of the molecule is O=C1C=CC2=C(C3C=CCC3)C(C(=O)O)=NC2=C1. The van der Waals surface area contributed by atoms with E-state index in [2.05, 4.69) is 11.1 Å². The van der Waals surface area contributed by atoms with Crippen LogP contribution in [0, 0.1) is 5.92 Å². The number of allylic oxidation sites excluding steroid dienone is 5. The minimum absolute atomic E-state index is 0.0761. The topological polar surface area (TPSA) is 66.7 Å². The number of hydrogen-bond donors (Lipinski definition) is 1. The Morgan fingerprint density at radius 2 is 2.22 bits per heavy atom. The van der Waals surface area contributed by atoms with Crippen LogP contribution in [0.5, 0.6) is 0 Å². The van der Waals surface area contributed by atoms with Crippen molar-refractivity contribution in [1.29, 1.82) is 0 Å². The molecular weight excluding hydrogens is 230 g/mol. The number of carbonyl (C=O) groups is 2. The maximum absolute atomic E-state index is 11.3. The van der Waals surface area contributed by atoms with Crippen molar-refractivity contribution in [1.82, 2.24) is 0 Å². The zero-order valence-corrected chi connectivity index (χ0v) is 9.59. The molecule has 1 aliphatic heterocycles.